The number of nitrogens with zero attached hydrogens (tertiary/aromatic N) is 1. The number of ether oxygens (including phenoxy) is 3. The first-order valence-electron chi connectivity index (χ1n) is 7.48. The van der Waals surface area contributed by atoms with Gasteiger partial charge in [-0.3, -0.25) is 4.99 Å². The quantitative estimate of drug-likeness (QED) is 0.363. The van der Waals surface area contributed by atoms with Crippen LogP contribution in [-0.4, -0.2) is 26.4 Å². The van der Waals surface area contributed by atoms with Crippen LogP contribution >= 0.6 is 35.3 Å². The van der Waals surface area contributed by atoms with Crippen molar-refractivity contribution in [2.24, 2.45) is 4.99 Å². The van der Waals surface area contributed by atoms with E-state index in [0.29, 0.717) is 29.6 Å². The van der Waals surface area contributed by atoms with E-state index in [2.05, 4.69) is 20.4 Å². The molecule has 0 bridgehead atoms. The van der Waals surface area contributed by atoms with Crippen LogP contribution in [0, 0.1) is 0 Å². The molecule has 10 heteroatoms. The molecule has 2 aromatic rings. The molecule has 0 amide bonds. The zero-order valence-corrected chi connectivity index (χ0v) is 17.0. The molecule has 0 saturated heterocycles. The third-order valence-corrected chi connectivity index (χ3v) is 4.21. The number of guanidine groups is 1. The van der Waals surface area contributed by atoms with E-state index >= 15 is 0 Å². The maximum Gasteiger partial charge on any atom is 0.387 e. The number of hydrogen-bond acceptors (Lipinski definition) is 5. The Morgan fingerprint density at radius 1 is 1.27 bits per heavy atom. The summed E-state index contributed by atoms with van der Waals surface area (Å²) in [6.45, 7) is -2.01. The van der Waals surface area contributed by atoms with Crippen molar-refractivity contribution >= 4 is 41.3 Å². The first kappa shape index (κ1) is 20.5. The Bertz CT molecular complexity index is 745. The van der Waals surface area contributed by atoms with E-state index in [0.717, 1.165) is 5.56 Å². The second-order valence-electron chi connectivity index (χ2n) is 5.10. The maximum absolute atomic E-state index is 12.6. The van der Waals surface area contributed by atoms with Crippen molar-refractivity contribution < 1.29 is 23.0 Å². The summed E-state index contributed by atoms with van der Waals surface area (Å²) in [7, 11) is 1.64. The molecule has 1 aliphatic rings. The summed E-state index contributed by atoms with van der Waals surface area (Å²) >= 11 is 1.61. The van der Waals surface area contributed by atoms with E-state index in [1.807, 2.05) is 16.8 Å². The zero-order chi connectivity index (χ0) is 17.6. The fourth-order valence-electron chi connectivity index (χ4n) is 2.29. The van der Waals surface area contributed by atoms with Crippen LogP contribution in [0.15, 0.2) is 34.0 Å². The van der Waals surface area contributed by atoms with Gasteiger partial charge in [-0.2, -0.15) is 20.1 Å². The number of rotatable bonds is 6. The lowest BCUT2D eigenvalue weighted by atomic mass is 10.1. The van der Waals surface area contributed by atoms with Gasteiger partial charge in [0, 0.05) is 31.8 Å². The van der Waals surface area contributed by atoms with Gasteiger partial charge in [-0.05, 0) is 28.5 Å². The topological polar surface area (TPSA) is 64.1 Å². The molecule has 0 aliphatic carbocycles. The first-order valence-corrected chi connectivity index (χ1v) is 8.43. The number of halogens is 3. The Hall–Kier alpha value is -1.82. The van der Waals surface area contributed by atoms with Crippen LogP contribution in [0.3, 0.4) is 0 Å². The van der Waals surface area contributed by atoms with E-state index in [9.17, 15) is 8.78 Å². The highest BCUT2D eigenvalue weighted by molar-refractivity contribution is 14.0. The number of aliphatic imine (C=N–C) groups is 1. The molecule has 1 aromatic heterocycles. The highest BCUT2D eigenvalue weighted by atomic mass is 127. The van der Waals surface area contributed by atoms with Crippen molar-refractivity contribution in [2.45, 2.75) is 19.7 Å². The molecule has 0 saturated carbocycles. The van der Waals surface area contributed by atoms with Crippen LogP contribution in [0.25, 0.3) is 0 Å². The van der Waals surface area contributed by atoms with Gasteiger partial charge in [0.25, 0.3) is 0 Å². The Labute approximate surface area is 170 Å². The van der Waals surface area contributed by atoms with Crippen molar-refractivity contribution in [3.05, 3.63) is 40.1 Å². The highest BCUT2D eigenvalue weighted by Gasteiger charge is 2.20. The summed E-state index contributed by atoms with van der Waals surface area (Å²) in [6.07, 6.45) is 0. The largest absolute Gasteiger partial charge is 0.454 e. The lowest BCUT2D eigenvalue weighted by Crippen LogP contribution is -2.36. The van der Waals surface area contributed by atoms with Crippen LogP contribution in [0.4, 0.5) is 8.78 Å². The number of fused-ring (bicyclic) bond motifs is 1. The highest BCUT2D eigenvalue weighted by Crippen LogP contribution is 2.38. The molecule has 0 fully saturated rings. The third-order valence-electron chi connectivity index (χ3n) is 3.48. The van der Waals surface area contributed by atoms with E-state index in [-0.39, 0.29) is 43.1 Å². The number of thiophene rings is 1. The Balaban J connectivity index is 0.00000243. The Morgan fingerprint density at radius 2 is 2.00 bits per heavy atom. The molecule has 2 N–H and O–H groups in total. The van der Waals surface area contributed by atoms with Gasteiger partial charge >= 0.3 is 6.61 Å². The molecule has 0 spiro atoms. The molecule has 2 heterocycles. The predicted molar refractivity (Wildman–Crippen MR) is 106 cm³/mol. The van der Waals surface area contributed by atoms with Crippen LogP contribution in [0.1, 0.15) is 11.1 Å². The van der Waals surface area contributed by atoms with E-state index in [1.165, 1.54) is 6.07 Å². The summed E-state index contributed by atoms with van der Waals surface area (Å²) in [4.78, 5) is 4.12. The molecule has 0 atom stereocenters. The average Bonchev–Trinajstić information content (AvgIpc) is 3.25. The van der Waals surface area contributed by atoms with Crippen LogP contribution in [-0.2, 0) is 13.1 Å². The van der Waals surface area contributed by atoms with Crippen LogP contribution in [0.5, 0.6) is 17.2 Å². The molecule has 6 nitrogen and oxygen atoms in total. The van der Waals surface area contributed by atoms with Gasteiger partial charge in [-0.25, -0.2) is 0 Å². The molecule has 0 unspecified atom stereocenters. The number of benzene rings is 1. The summed E-state index contributed by atoms with van der Waals surface area (Å²) < 4.78 is 40.4. The van der Waals surface area contributed by atoms with Crippen molar-refractivity contribution in [1.29, 1.82) is 0 Å². The fraction of sp³-hybridized carbons (Fsp3) is 0.312. The zero-order valence-electron chi connectivity index (χ0n) is 13.8. The van der Waals surface area contributed by atoms with Crippen molar-refractivity contribution in [1.82, 2.24) is 10.6 Å². The lowest BCUT2D eigenvalue weighted by molar-refractivity contribution is -0.0505. The molecule has 142 valence electrons. The standard InChI is InChI=1S/C16H17F2N3O3S.HI/c1-19-16(20-6-10-2-3-25-8-10)21-7-11-4-13-14(23-9-22-13)5-12(11)24-15(17)18;/h2-5,8,15H,6-7,9H2,1H3,(H2,19,20,21);1H. The molecule has 0 radical (unpaired) electrons. The fourth-order valence-corrected chi connectivity index (χ4v) is 2.96. The molecule has 1 aromatic carbocycles. The third kappa shape index (κ3) is 5.34. The van der Waals surface area contributed by atoms with Gasteiger partial charge in [0.2, 0.25) is 6.79 Å². The predicted octanol–water partition coefficient (Wildman–Crippen LogP) is 3.56. The summed E-state index contributed by atoms with van der Waals surface area (Å²) in [5.74, 6) is 1.48. The molecular formula is C16H18F2IN3O3S. The van der Waals surface area contributed by atoms with Gasteiger partial charge in [0.05, 0.1) is 0 Å². The molecular weight excluding hydrogens is 479 g/mol. The van der Waals surface area contributed by atoms with E-state index in [4.69, 9.17) is 9.47 Å². The van der Waals surface area contributed by atoms with Gasteiger partial charge in [0.1, 0.15) is 5.75 Å². The normalized spacial score (nSPS) is 12.7. The second-order valence-corrected chi connectivity index (χ2v) is 5.88. The van der Waals surface area contributed by atoms with Gasteiger partial charge in [-0.1, -0.05) is 0 Å². The smallest absolute Gasteiger partial charge is 0.387 e. The second kappa shape index (κ2) is 9.76. The number of nitrogens with one attached hydrogen (secondary N) is 2. The number of hydrogen-bond donors (Lipinski definition) is 2. The van der Waals surface area contributed by atoms with Gasteiger partial charge in [0.15, 0.2) is 17.5 Å². The van der Waals surface area contributed by atoms with Crippen LogP contribution in [0.2, 0.25) is 0 Å². The van der Waals surface area contributed by atoms with Crippen molar-refractivity contribution in [3.63, 3.8) is 0 Å². The number of alkyl halides is 2. The SMILES string of the molecule is CN=C(NCc1ccsc1)NCc1cc2c(cc1OC(F)F)OCO2.I. The first-order chi connectivity index (χ1) is 12.2. The minimum Gasteiger partial charge on any atom is -0.454 e. The average molecular weight is 497 g/mol. The van der Waals surface area contributed by atoms with Crippen molar-refractivity contribution in [2.75, 3.05) is 13.8 Å². The summed E-state index contributed by atoms with van der Waals surface area (Å²) in [5.41, 5.74) is 1.65. The maximum atomic E-state index is 12.6. The van der Waals surface area contributed by atoms with E-state index < -0.39 is 6.61 Å². The van der Waals surface area contributed by atoms with E-state index in [1.54, 1.807) is 24.5 Å². The molecule has 26 heavy (non-hydrogen) atoms. The van der Waals surface area contributed by atoms with Crippen LogP contribution < -0.4 is 24.8 Å². The Morgan fingerprint density at radius 3 is 2.65 bits per heavy atom. The van der Waals surface area contributed by atoms with Gasteiger partial charge < -0.3 is 24.8 Å². The minimum atomic E-state index is -2.92. The lowest BCUT2D eigenvalue weighted by Gasteiger charge is -2.15. The monoisotopic (exact) mass is 497 g/mol. The Kier molecular flexibility index (Phi) is 7.69. The molecule has 1 aliphatic heterocycles. The van der Waals surface area contributed by atoms with Crippen molar-refractivity contribution in [3.8, 4) is 17.2 Å². The minimum absolute atomic E-state index is 0. The summed E-state index contributed by atoms with van der Waals surface area (Å²) in [5, 5.41) is 10.3. The van der Waals surface area contributed by atoms with Gasteiger partial charge in [-0.15, -0.1) is 24.0 Å². The molecule has 3 rings (SSSR count). The summed E-state index contributed by atoms with van der Waals surface area (Å²) in [6, 6.07) is 5.05.